The first-order chi connectivity index (χ1) is 15.9. The van der Waals surface area contributed by atoms with Gasteiger partial charge in [0.2, 0.25) is 11.8 Å². The monoisotopic (exact) mass is 455 g/mol. The highest BCUT2D eigenvalue weighted by Gasteiger charge is 2.55. The van der Waals surface area contributed by atoms with Crippen molar-refractivity contribution in [1.29, 1.82) is 0 Å². The minimum absolute atomic E-state index is 0.0805. The number of carbonyl (C=O) groups is 2. The maximum atomic E-state index is 13.6. The second-order valence-corrected chi connectivity index (χ2v) is 10.8. The SMILES string of the molecule is COc1ccc(OC)c(NC(=O)C(C)N2CCN(C(=O)C34CC5CC(CC(C5)C3)C4)CC2)c1. The summed E-state index contributed by atoms with van der Waals surface area (Å²) in [5.41, 5.74) is 0.521. The fraction of sp³-hybridized carbons (Fsp3) is 0.692. The third-order valence-electron chi connectivity index (χ3n) is 8.69. The lowest BCUT2D eigenvalue weighted by atomic mass is 9.49. The van der Waals surface area contributed by atoms with Crippen LogP contribution in [0.3, 0.4) is 0 Å². The Morgan fingerprint density at radius 2 is 1.58 bits per heavy atom. The average molecular weight is 456 g/mol. The molecule has 180 valence electrons. The Morgan fingerprint density at radius 1 is 0.970 bits per heavy atom. The number of hydrogen-bond donors (Lipinski definition) is 1. The first-order valence-electron chi connectivity index (χ1n) is 12.5. The average Bonchev–Trinajstić information content (AvgIpc) is 2.82. The molecule has 1 N–H and O–H groups in total. The molecule has 0 spiro atoms. The molecule has 1 unspecified atom stereocenters. The number of methoxy groups -OCH3 is 2. The number of ether oxygens (including phenoxy) is 2. The summed E-state index contributed by atoms with van der Waals surface area (Å²) in [6.07, 6.45) is 7.39. The van der Waals surface area contributed by atoms with Crippen LogP contribution in [0.25, 0.3) is 0 Å². The quantitative estimate of drug-likeness (QED) is 0.712. The van der Waals surface area contributed by atoms with Crippen LogP contribution in [0.15, 0.2) is 18.2 Å². The summed E-state index contributed by atoms with van der Waals surface area (Å²) in [6.45, 7) is 4.80. The smallest absolute Gasteiger partial charge is 0.241 e. The summed E-state index contributed by atoms with van der Waals surface area (Å²) in [5.74, 6) is 3.91. The number of carbonyl (C=O) groups excluding carboxylic acids is 2. The van der Waals surface area contributed by atoms with Crippen molar-refractivity contribution in [2.24, 2.45) is 23.2 Å². The van der Waals surface area contributed by atoms with Gasteiger partial charge >= 0.3 is 0 Å². The lowest BCUT2D eigenvalue weighted by Crippen LogP contribution is -2.59. The van der Waals surface area contributed by atoms with Crippen LogP contribution >= 0.6 is 0 Å². The summed E-state index contributed by atoms with van der Waals surface area (Å²) in [5, 5.41) is 2.99. The van der Waals surface area contributed by atoms with Crippen LogP contribution in [-0.4, -0.2) is 68.1 Å². The lowest BCUT2D eigenvalue weighted by Gasteiger charge is -2.57. The molecule has 1 saturated heterocycles. The standard InChI is InChI=1S/C26H37N3O4/c1-17(24(30)27-22-13-21(32-2)4-5-23(22)33-3)28-6-8-29(9-7-28)25(31)26-14-18-10-19(15-26)12-20(11-18)16-26/h4-5,13,17-20H,6-12,14-16H2,1-3H3,(H,27,30). The zero-order valence-corrected chi connectivity index (χ0v) is 20.1. The van der Waals surface area contributed by atoms with E-state index in [4.69, 9.17) is 9.47 Å². The number of nitrogens with one attached hydrogen (secondary N) is 1. The predicted molar refractivity (Wildman–Crippen MR) is 126 cm³/mol. The van der Waals surface area contributed by atoms with E-state index in [0.29, 0.717) is 36.2 Å². The van der Waals surface area contributed by atoms with Crippen LogP contribution in [0.1, 0.15) is 45.4 Å². The van der Waals surface area contributed by atoms with Gasteiger partial charge < -0.3 is 19.7 Å². The molecule has 2 amide bonds. The summed E-state index contributed by atoms with van der Waals surface area (Å²) >= 11 is 0. The molecule has 5 aliphatic rings. The summed E-state index contributed by atoms with van der Waals surface area (Å²) in [6, 6.07) is 5.06. The minimum atomic E-state index is -0.294. The summed E-state index contributed by atoms with van der Waals surface area (Å²) in [4.78, 5) is 30.9. The van der Waals surface area contributed by atoms with Crippen molar-refractivity contribution in [3.63, 3.8) is 0 Å². The lowest BCUT2D eigenvalue weighted by molar-refractivity contribution is -0.159. The van der Waals surface area contributed by atoms with Gasteiger partial charge in [0, 0.05) is 32.2 Å². The Kier molecular flexibility index (Phi) is 6.02. The van der Waals surface area contributed by atoms with Crippen molar-refractivity contribution in [3.05, 3.63) is 18.2 Å². The number of nitrogens with zero attached hydrogens (tertiary/aromatic N) is 2. The van der Waals surface area contributed by atoms with E-state index in [0.717, 1.165) is 50.1 Å². The summed E-state index contributed by atoms with van der Waals surface area (Å²) in [7, 11) is 3.18. The molecule has 0 aromatic heterocycles. The molecule has 1 atom stereocenters. The molecule has 1 aliphatic heterocycles. The van der Waals surface area contributed by atoms with Crippen LogP contribution in [0, 0.1) is 23.2 Å². The molecule has 1 aromatic carbocycles. The van der Waals surface area contributed by atoms with Crippen molar-refractivity contribution < 1.29 is 19.1 Å². The van der Waals surface area contributed by atoms with Crippen molar-refractivity contribution in [2.45, 2.75) is 51.5 Å². The Hall–Kier alpha value is -2.28. The molecular weight excluding hydrogens is 418 g/mol. The molecule has 4 saturated carbocycles. The van der Waals surface area contributed by atoms with Crippen LogP contribution in [0.4, 0.5) is 5.69 Å². The zero-order chi connectivity index (χ0) is 23.2. The Balaban J connectivity index is 1.18. The van der Waals surface area contributed by atoms with E-state index in [9.17, 15) is 9.59 Å². The van der Waals surface area contributed by atoms with E-state index < -0.39 is 0 Å². The van der Waals surface area contributed by atoms with Gasteiger partial charge in [0.15, 0.2) is 0 Å². The minimum Gasteiger partial charge on any atom is -0.497 e. The van der Waals surface area contributed by atoms with Gasteiger partial charge in [0.25, 0.3) is 0 Å². The van der Waals surface area contributed by atoms with E-state index in [1.54, 1.807) is 32.4 Å². The number of rotatable bonds is 6. The Labute approximate surface area is 196 Å². The van der Waals surface area contributed by atoms with Crippen molar-refractivity contribution >= 4 is 17.5 Å². The van der Waals surface area contributed by atoms with Crippen LogP contribution in [0.5, 0.6) is 11.5 Å². The third kappa shape index (κ3) is 4.20. The third-order valence-corrected chi connectivity index (χ3v) is 8.69. The van der Waals surface area contributed by atoms with E-state index >= 15 is 0 Å². The number of amides is 2. The van der Waals surface area contributed by atoms with Crippen LogP contribution in [-0.2, 0) is 9.59 Å². The number of hydrogen-bond acceptors (Lipinski definition) is 5. The maximum Gasteiger partial charge on any atom is 0.241 e. The van der Waals surface area contributed by atoms with Gasteiger partial charge in [-0.1, -0.05) is 0 Å². The fourth-order valence-corrected chi connectivity index (χ4v) is 7.34. The number of benzene rings is 1. The largest absolute Gasteiger partial charge is 0.497 e. The molecule has 1 aromatic rings. The van der Waals surface area contributed by atoms with Gasteiger partial charge in [-0.2, -0.15) is 0 Å². The van der Waals surface area contributed by atoms with Gasteiger partial charge in [0.05, 0.1) is 31.4 Å². The number of anilines is 1. The van der Waals surface area contributed by atoms with Crippen LogP contribution < -0.4 is 14.8 Å². The molecule has 33 heavy (non-hydrogen) atoms. The Morgan fingerprint density at radius 3 is 2.12 bits per heavy atom. The topological polar surface area (TPSA) is 71.1 Å². The van der Waals surface area contributed by atoms with Crippen molar-refractivity contribution in [1.82, 2.24) is 9.80 Å². The molecule has 1 heterocycles. The molecule has 7 nitrogen and oxygen atoms in total. The van der Waals surface area contributed by atoms with E-state index in [1.165, 1.54) is 19.3 Å². The molecule has 5 fully saturated rings. The molecular formula is C26H37N3O4. The fourth-order valence-electron chi connectivity index (χ4n) is 7.34. The zero-order valence-electron chi connectivity index (χ0n) is 20.1. The van der Waals surface area contributed by atoms with Gasteiger partial charge in [-0.15, -0.1) is 0 Å². The molecule has 6 rings (SSSR count). The highest BCUT2D eigenvalue weighted by Crippen LogP contribution is 2.60. The molecule has 7 heteroatoms. The number of piperazine rings is 1. The van der Waals surface area contributed by atoms with Gasteiger partial charge in [-0.3, -0.25) is 14.5 Å². The summed E-state index contributed by atoms with van der Waals surface area (Å²) < 4.78 is 10.7. The Bertz CT molecular complexity index is 874. The van der Waals surface area contributed by atoms with Crippen molar-refractivity contribution in [2.75, 3.05) is 45.7 Å². The predicted octanol–water partition coefficient (Wildman–Crippen LogP) is 3.39. The second kappa shape index (κ2) is 8.82. The molecule has 4 aliphatic carbocycles. The normalized spacial score (nSPS) is 31.8. The van der Waals surface area contributed by atoms with Gasteiger partial charge in [-0.05, 0) is 75.3 Å². The van der Waals surface area contributed by atoms with Gasteiger partial charge in [-0.25, -0.2) is 0 Å². The van der Waals surface area contributed by atoms with E-state index in [2.05, 4.69) is 15.1 Å². The molecule has 4 bridgehead atoms. The van der Waals surface area contributed by atoms with Crippen LogP contribution in [0.2, 0.25) is 0 Å². The highest BCUT2D eigenvalue weighted by molar-refractivity contribution is 5.96. The molecule has 0 radical (unpaired) electrons. The van der Waals surface area contributed by atoms with E-state index in [-0.39, 0.29) is 17.4 Å². The maximum absolute atomic E-state index is 13.6. The second-order valence-electron chi connectivity index (χ2n) is 10.8. The first-order valence-corrected chi connectivity index (χ1v) is 12.5. The highest BCUT2D eigenvalue weighted by atomic mass is 16.5. The van der Waals surface area contributed by atoms with Crippen molar-refractivity contribution in [3.8, 4) is 11.5 Å². The first kappa shape index (κ1) is 22.5. The van der Waals surface area contributed by atoms with E-state index in [1.807, 2.05) is 6.92 Å². The van der Waals surface area contributed by atoms with Gasteiger partial charge in [0.1, 0.15) is 11.5 Å².